The van der Waals surface area contributed by atoms with Crippen molar-refractivity contribution in [3.05, 3.63) is 22.2 Å². The lowest BCUT2D eigenvalue weighted by molar-refractivity contribution is 0.887. The summed E-state index contributed by atoms with van der Waals surface area (Å²) in [7, 11) is 1.76. The summed E-state index contributed by atoms with van der Waals surface area (Å²) in [5.41, 5.74) is 0.693. The number of H-pyrrole nitrogens is 1. The van der Waals surface area contributed by atoms with E-state index in [2.05, 4.69) is 15.3 Å². The van der Waals surface area contributed by atoms with E-state index >= 15 is 0 Å². The normalized spacial score (nSPS) is 9.83. The van der Waals surface area contributed by atoms with Crippen LogP contribution < -0.4 is 10.9 Å². The van der Waals surface area contributed by atoms with E-state index in [4.69, 9.17) is 0 Å². The lowest BCUT2D eigenvalue weighted by Gasteiger charge is -2.03. The molecule has 0 unspecified atom stereocenters. The fourth-order valence-corrected chi connectivity index (χ4v) is 1.13. The van der Waals surface area contributed by atoms with E-state index in [1.165, 1.54) is 6.33 Å². The molecular weight excluding hydrogens is 154 g/mol. The van der Waals surface area contributed by atoms with Crippen LogP contribution in [0, 0.1) is 0 Å². The van der Waals surface area contributed by atoms with Gasteiger partial charge in [0.15, 0.2) is 0 Å². The summed E-state index contributed by atoms with van der Waals surface area (Å²) in [6, 6.07) is 0. The third kappa shape index (κ3) is 1.64. The monoisotopic (exact) mass is 167 g/mol. The largest absolute Gasteiger partial charge is 0.373 e. The maximum atomic E-state index is 11.3. The van der Waals surface area contributed by atoms with Gasteiger partial charge >= 0.3 is 0 Å². The van der Waals surface area contributed by atoms with Gasteiger partial charge in [-0.3, -0.25) is 4.79 Å². The molecule has 0 aliphatic rings. The maximum absolute atomic E-state index is 11.3. The van der Waals surface area contributed by atoms with Crippen molar-refractivity contribution in [1.82, 2.24) is 9.97 Å². The molecule has 4 heteroatoms. The molecule has 0 bridgehead atoms. The van der Waals surface area contributed by atoms with Crippen LogP contribution in [0.5, 0.6) is 0 Å². The first-order chi connectivity index (χ1) is 5.79. The Hall–Kier alpha value is -1.32. The number of anilines is 1. The topological polar surface area (TPSA) is 57.8 Å². The second-order valence-corrected chi connectivity index (χ2v) is 2.56. The highest BCUT2D eigenvalue weighted by atomic mass is 16.1. The molecule has 12 heavy (non-hydrogen) atoms. The van der Waals surface area contributed by atoms with E-state index < -0.39 is 0 Å². The first kappa shape index (κ1) is 8.77. The average Bonchev–Trinajstić information content (AvgIpc) is 2.09. The molecule has 0 saturated heterocycles. The van der Waals surface area contributed by atoms with Gasteiger partial charge in [-0.15, -0.1) is 0 Å². The summed E-state index contributed by atoms with van der Waals surface area (Å²) in [5.74, 6) is 0.681. The van der Waals surface area contributed by atoms with Gasteiger partial charge in [0.2, 0.25) is 0 Å². The first-order valence-corrected chi connectivity index (χ1v) is 4.04. The van der Waals surface area contributed by atoms with Crippen LogP contribution in [0.4, 0.5) is 5.82 Å². The van der Waals surface area contributed by atoms with Crippen LogP contribution >= 0.6 is 0 Å². The molecule has 0 fully saturated rings. The number of hydrogen-bond donors (Lipinski definition) is 2. The van der Waals surface area contributed by atoms with E-state index in [-0.39, 0.29) is 5.56 Å². The molecule has 0 spiro atoms. The highest BCUT2D eigenvalue weighted by Crippen LogP contribution is 2.06. The van der Waals surface area contributed by atoms with Crippen molar-refractivity contribution in [2.24, 2.45) is 0 Å². The van der Waals surface area contributed by atoms with Gasteiger partial charge in [0.05, 0.1) is 11.9 Å². The van der Waals surface area contributed by atoms with Gasteiger partial charge < -0.3 is 10.3 Å². The predicted octanol–water partition coefficient (Wildman–Crippen LogP) is 0.764. The first-order valence-electron chi connectivity index (χ1n) is 4.04. The zero-order chi connectivity index (χ0) is 8.97. The van der Waals surface area contributed by atoms with Crippen LogP contribution in [0.2, 0.25) is 0 Å². The minimum Gasteiger partial charge on any atom is -0.373 e. The lowest BCUT2D eigenvalue weighted by Crippen LogP contribution is -2.15. The minimum atomic E-state index is -0.0452. The molecule has 1 aromatic heterocycles. The number of hydrogen-bond acceptors (Lipinski definition) is 3. The van der Waals surface area contributed by atoms with Gasteiger partial charge in [0, 0.05) is 7.05 Å². The molecule has 66 valence electrons. The predicted molar refractivity (Wildman–Crippen MR) is 48.4 cm³/mol. The molecule has 0 saturated carbocycles. The minimum absolute atomic E-state index is 0.0452. The maximum Gasteiger partial charge on any atom is 0.256 e. The van der Waals surface area contributed by atoms with Crippen molar-refractivity contribution in [2.75, 3.05) is 12.4 Å². The molecule has 0 amide bonds. The third-order valence-corrected chi connectivity index (χ3v) is 1.69. The highest BCUT2D eigenvalue weighted by molar-refractivity contribution is 5.41. The number of nitrogens with zero attached hydrogens (tertiary/aromatic N) is 1. The Labute approximate surface area is 71.0 Å². The molecule has 0 aliphatic heterocycles. The Bertz CT molecular complexity index is 305. The lowest BCUT2D eigenvalue weighted by atomic mass is 10.2. The Morgan fingerprint density at radius 2 is 2.42 bits per heavy atom. The molecular formula is C8H13N3O. The number of aromatic nitrogens is 2. The van der Waals surface area contributed by atoms with Crippen molar-refractivity contribution in [2.45, 2.75) is 19.8 Å². The standard InChI is InChI=1S/C8H13N3O/c1-3-4-6-7(9-2)10-5-11-8(6)12/h5H,3-4H2,1-2H3,(H2,9,10,11,12). The summed E-state index contributed by atoms with van der Waals surface area (Å²) >= 11 is 0. The fraction of sp³-hybridized carbons (Fsp3) is 0.500. The zero-order valence-corrected chi connectivity index (χ0v) is 7.35. The molecule has 0 atom stereocenters. The Morgan fingerprint density at radius 1 is 1.67 bits per heavy atom. The van der Waals surface area contributed by atoms with E-state index in [1.807, 2.05) is 6.92 Å². The third-order valence-electron chi connectivity index (χ3n) is 1.69. The Morgan fingerprint density at radius 3 is 3.00 bits per heavy atom. The van der Waals surface area contributed by atoms with Gasteiger partial charge in [-0.2, -0.15) is 0 Å². The Balaban J connectivity index is 3.11. The van der Waals surface area contributed by atoms with Crippen LogP contribution in [0.25, 0.3) is 0 Å². The van der Waals surface area contributed by atoms with Gasteiger partial charge in [-0.25, -0.2) is 4.98 Å². The van der Waals surface area contributed by atoms with Gasteiger partial charge in [-0.05, 0) is 6.42 Å². The summed E-state index contributed by atoms with van der Waals surface area (Å²) < 4.78 is 0. The smallest absolute Gasteiger partial charge is 0.256 e. The molecule has 0 aromatic carbocycles. The Kier molecular flexibility index (Phi) is 2.85. The van der Waals surface area contributed by atoms with Crippen LogP contribution in [0.15, 0.2) is 11.1 Å². The summed E-state index contributed by atoms with van der Waals surface area (Å²) in [6.07, 6.45) is 3.12. The molecule has 2 N–H and O–H groups in total. The van der Waals surface area contributed by atoms with E-state index in [0.29, 0.717) is 5.82 Å². The quantitative estimate of drug-likeness (QED) is 0.699. The van der Waals surface area contributed by atoms with Crippen LogP contribution in [0.3, 0.4) is 0 Å². The van der Waals surface area contributed by atoms with E-state index in [0.717, 1.165) is 18.4 Å². The van der Waals surface area contributed by atoms with Crippen LogP contribution in [-0.4, -0.2) is 17.0 Å². The van der Waals surface area contributed by atoms with Gasteiger partial charge in [0.1, 0.15) is 5.82 Å². The highest BCUT2D eigenvalue weighted by Gasteiger charge is 2.04. The van der Waals surface area contributed by atoms with Crippen molar-refractivity contribution in [3.8, 4) is 0 Å². The average molecular weight is 167 g/mol. The van der Waals surface area contributed by atoms with E-state index in [9.17, 15) is 4.79 Å². The van der Waals surface area contributed by atoms with Gasteiger partial charge in [-0.1, -0.05) is 13.3 Å². The molecule has 4 nitrogen and oxygen atoms in total. The second-order valence-electron chi connectivity index (χ2n) is 2.56. The molecule has 0 radical (unpaired) electrons. The summed E-state index contributed by atoms with van der Waals surface area (Å²) in [5, 5.41) is 2.89. The number of nitrogens with one attached hydrogen (secondary N) is 2. The van der Waals surface area contributed by atoms with E-state index in [1.54, 1.807) is 7.05 Å². The summed E-state index contributed by atoms with van der Waals surface area (Å²) in [4.78, 5) is 17.8. The molecule has 0 aliphatic carbocycles. The number of aromatic amines is 1. The summed E-state index contributed by atoms with van der Waals surface area (Å²) in [6.45, 7) is 2.03. The van der Waals surface area contributed by atoms with Crippen molar-refractivity contribution < 1.29 is 0 Å². The molecule has 1 heterocycles. The van der Waals surface area contributed by atoms with Crippen molar-refractivity contribution in [1.29, 1.82) is 0 Å². The van der Waals surface area contributed by atoms with Crippen molar-refractivity contribution >= 4 is 5.82 Å². The van der Waals surface area contributed by atoms with Crippen LogP contribution in [-0.2, 0) is 6.42 Å². The van der Waals surface area contributed by atoms with Crippen LogP contribution in [0.1, 0.15) is 18.9 Å². The fourth-order valence-electron chi connectivity index (χ4n) is 1.13. The number of rotatable bonds is 3. The SMILES string of the molecule is CCCc1c(NC)nc[nH]c1=O. The zero-order valence-electron chi connectivity index (χ0n) is 7.35. The molecule has 1 rings (SSSR count). The van der Waals surface area contributed by atoms with Gasteiger partial charge in [0.25, 0.3) is 5.56 Å². The van der Waals surface area contributed by atoms with Crippen molar-refractivity contribution in [3.63, 3.8) is 0 Å². The second kappa shape index (κ2) is 3.90. The molecule has 1 aromatic rings.